The zero-order chi connectivity index (χ0) is 27.4. The highest BCUT2D eigenvalue weighted by Crippen LogP contribution is 2.39. The van der Waals surface area contributed by atoms with E-state index in [0.717, 1.165) is 19.3 Å². The van der Waals surface area contributed by atoms with E-state index in [1.165, 1.54) is 116 Å². The summed E-state index contributed by atoms with van der Waals surface area (Å²) < 4.78 is 10.2. The lowest BCUT2D eigenvalue weighted by atomic mass is 9.70. The third kappa shape index (κ3) is 15.4. The molecule has 0 N–H and O–H groups in total. The van der Waals surface area contributed by atoms with Crippen LogP contribution in [0.4, 0.5) is 0 Å². The van der Waals surface area contributed by atoms with Crippen molar-refractivity contribution in [1.82, 2.24) is 0 Å². The Morgan fingerprint density at radius 3 is 1.54 bits per heavy atom. The van der Waals surface area contributed by atoms with Crippen LogP contribution in [0.5, 0.6) is 0 Å². The Balaban J connectivity index is 1.95. The van der Waals surface area contributed by atoms with Gasteiger partial charge >= 0.3 is 11.9 Å². The topological polar surface area (TPSA) is 69.7 Å². The summed E-state index contributed by atoms with van der Waals surface area (Å²) in [7, 11) is 1.28. The van der Waals surface area contributed by atoms with E-state index in [9.17, 15) is 14.4 Å². The molecule has 0 aromatic carbocycles. The number of hydrogen-bond acceptors (Lipinski definition) is 5. The number of unbranched alkanes of at least 4 members (excludes halogenated alkanes) is 18. The van der Waals surface area contributed by atoms with Crippen LogP contribution in [0.2, 0.25) is 0 Å². The zero-order valence-electron chi connectivity index (χ0n) is 24.5. The number of hydrogen-bond donors (Lipinski definition) is 0. The van der Waals surface area contributed by atoms with E-state index in [0.29, 0.717) is 18.6 Å². The number of rotatable bonds is 22. The molecule has 0 spiro atoms. The summed E-state index contributed by atoms with van der Waals surface area (Å²) in [6.07, 6.45) is 27.1. The molecule has 0 radical (unpaired) electrons. The van der Waals surface area contributed by atoms with Gasteiger partial charge in [0, 0.05) is 18.9 Å². The van der Waals surface area contributed by atoms with Gasteiger partial charge in [-0.3, -0.25) is 14.4 Å². The van der Waals surface area contributed by atoms with Crippen molar-refractivity contribution in [3.8, 4) is 0 Å². The molecular formula is C32H56O5. The van der Waals surface area contributed by atoms with Gasteiger partial charge in [-0.2, -0.15) is 0 Å². The number of carbonyl (C=O) groups is 3. The molecule has 0 aromatic rings. The Hall–Kier alpha value is -1.65. The Bertz CT molecular complexity index is 679. The molecule has 5 heteroatoms. The van der Waals surface area contributed by atoms with Gasteiger partial charge in [-0.1, -0.05) is 136 Å². The minimum absolute atomic E-state index is 0.293. The second-order valence-corrected chi connectivity index (χ2v) is 11.7. The average Bonchev–Trinajstić information content (AvgIpc) is 2.84. The standard InChI is InChI=1S/C32H56O5/c1-5-6-7-8-9-10-11-12-13-14-15-16-17-18-19-20-21-22-23-24-29(34)37-27-25-28(33)30(31(35)36-4)32(2,3)26-27/h25,30H,5-24,26H2,1-4H3. The van der Waals surface area contributed by atoms with Gasteiger partial charge in [-0.15, -0.1) is 0 Å². The van der Waals surface area contributed by atoms with E-state index < -0.39 is 17.3 Å². The largest absolute Gasteiger partial charge is 0.468 e. The second kappa shape index (κ2) is 20.3. The molecular weight excluding hydrogens is 464 g/mol. The van der Waals surface area contributed by atoms with Crippen molar-refractivity contribution >= 4 is 17.7 Å². The first-order chi connectivity index (χ1) is 17.8. The van der Waals surface area contributed by atoms with Gasteiger partial charge in [0.15, 0.2) is 5.78 Å². The SMILES string of the molecule is CCCCCCCCCCCCCCCCCCCCCC(=O)OC1=CC(=O)C(C(=O)OC)C(C)(C)C1. The van der Waals surface area contributed by atoms with Gasteiger partial charge in [-0.25, -0.2) is 0 Å². The lowest BCUT2D eigenvalue weighted by Crippen LogP contribution is -2.41. The monoisotopic (exact) mass is 520 g/mol. The molecule has 0 fully saturated rings. The van der Waals surface area contributed by atoms with Crippen LogP contribution in [-0.4, -0.2) is 24.8 Å². The number of allylic oxidation sites excluding steroid dienone is 2. The van der Waals surface area contributed by atoms with Crippen LogP contribution in [-0.2, 0) is 23.9 Å². The van der Waals surface area contributed by atoms with E-state index in [1.807, 2.05) is 13.8 Å². The van der Waals surface area contributed by atoms with Crippen molar-refractivity contribution in [3.63, 3.8) is 0 Å². The molecule has 1 unspecified atom stereocenters. The Morgan fingerprint density at radius 1 is 0.757 bits per heavy atom. The van der Waals surface area contributed by atoms with Gasteiger partial charge in [-0.05, 0) is 11.8 Å². The van der Waals surface area contributed by atoms with Crippen molar-refractivity contribution < 1.29 is 23.9 Å². The number of esters is 2. The van der Waals surface area contributed by atoms with Gasteiger partial charge < -0.3 is 9.47 Å². The normalized spacial score (nSPS) is 16.9. The fourth-order valence-corrected chi connectivity index (χ4v) is 5.39. The first kappa shape index (κ1) is 33.4. The van der Waals surface area contributed by atoms with Crippen LogP contribution in [0.25, 0.3) is 0 Å². The number of ether oxygens (including phenoxy) is 2. The van der Waals surface area contributed by atoms with Crippen LogP contribution < -0.4 is 0 Å². The smallest absolute Gasteiger partial charge is 0.317 e. The van der Waals surface area contributed by atoms with E-state index in [4.69, 9.17) is 9.47 Å². The fraction of sp³-hybridized carbons (Fsp3) is 0.844. The highest BCUT2D eigenvalue weighted by atomic mass is 16.5. The maximum absolute atomic E-state index is 12.4. The maximum Gasteiger partial charge on any atom is 0.317 e. The van der Waals surface area contributed by atoms with Crippen molar-refractivity contribution in [2.24, 2.45) is 11.3 Å². The summed E-state index contributed by atoms with van der Waals surface area (Å²) >= 11 is 0. The third-order valence-electron chi connectivity index (χ3n) is 7.67. The Labute approximate surface area is 227 Å². The number of carbonyl (C=O) groups excluding carboxylic acids is 3. The molecule has 0 bridgehead atoms. The highest BCUT2D eigenvalue weighted by molar-refractivity contribution is 6.06. The van der Waals surface area contributed by atoms with Gasteiger partial charge in [0.2, 0.25) is 0 Å². The molecule has 0 saturated carbocycles. The molecule has 1 rings (SSSR count). The zero-order valence-corrected chi connectivity index (χ0v) is 24.5. The summed E-state index contributed by atoms with van der Waals surface area (Å²) in [6, 6.07) is 0. The summed E-state index contributed by atoms with van der Waals surface area (Å²) in [5, 5.41) is 0. The van der Waals surface area contributed by atoms with E-state index in [2.05, 4.69) is 6.92 Å². The van der Waals surface area contributed by atoms with E-state index in [-0.39, 0.29) is 11.8 Å². The predicted molar refractivity (Wildman–Crippen MR) is 151 cm³/mol. The molecule has 0 amide bonds. The minimum Gasteiger partial charge on any atom is -0.468 e. The predicted octanol–water partition coefficient (Wildman–Crippen LogP) is 9.02. The van der Waals surface area contributed by atoms with Crippen LogP contribution in [0.1, 0.15) is 156 Å². The average molecular weight is 521 g/mol. The molecule has 37 heavy (non-hydrogen) atoms. The van der Waals surface area contributed by atoms with Gasteiger partial charge in [0.25, 0.3) is 0 Å². The lowest BCUT2D eigenvalue weighted by Gasteiger charge is -2.34. The molecule has 0 heterocycles. The molecule has 1 aliphatic rings. The second-order valence-electron chi connectivity index (χ2n) is 11.7. The first-order valence-electron chi connectivity index (χ1n) is 15.3. The number of ketones is 1. The van der Waals surface area contributed by atoms with E-state index >= 15 is 0 Å². The summed E-state index contributed by atoms with van der Waals surface area (Å²) in [5.41, 5.74) is -0.637. The molecule has 0 aromatic heterocycles. The number of methoxy groups -OCH3 is 1. The van der Waals surface area contributed by atoms with Crippen molar-refractivity contribution in [2.75, 3.05) is 7.11 Å². The Kier molecular flexibility index (Phi) is 18.3. The van der Waals surface area contributed by atoms with Crippen LogP contribution in [0.15, 0.2) is 11.8 Å². The quantitative estimate of drug-likeness (QED) is 0.0809. The van der Waals surface area contributed by atoms with Gasteiger partial charge in [0.05, 0.1) is 7.11 Å². The Morgan fingerprint density at radius 2 is 1.16 bits per heavy atom. The van der Waals surface area contributed by atoms with Gasteiger partial charge in [0.1, 0.15) is 11.7 Å². The lowest BCUT2D eigenvalue weighted by molar-refractivity contribution is -0.154. The van der Waals surface area contributed by atoms with Crippen molar-refractivity contribution in [1.29, 1.82) is 0 Å². The van der Waals surface area contributed by atoms with Crippen molar-refractivity contribution in [3.05, 3.63) is 11.8 Å². The molecule has 1 aliphatic carbocycles. The molecule has 0 saturated heterocycles. The van der Waals surface area contributed by atoms with E-state index in [1.54, 1.807) is 0 Å². The molecule has 5 nitrogen and oxygen atoms in total. The molecule has 1 atom stereocenters. The fourth-order valence-electron chi connectivity index (χ4n) is 5.39. The van der Waals surface area contributed by atoms with Crippen molar-refractivity contribution in [2.45, 2.75) is 156 Å². The van der Waals surface area contributed by atoms with Crippen LogP contribution in [0.3, 0.4) is 0 Å². The summed E-state index contributed by atoms with van der Waals surface area (Å²) in [6.45, 7) is 5.93. The van der Waals surface area contributed by atoms with Crippen LogP contribution >= 0.6 is 0 Å². The molecule has 0 aliphatic heterocycles. The summed E-state index contributed by atoms with van der Waals surface area (Å²) in [4.78, 5) is 36.5. The maximum atomic E-state index is 12.4. The minimum atomic E-state index is -0.848. The first-order valence-corrected chi connectivity index (χ1v) is 15.3. The highest BCUT2D eigenvalue weighted by Gasteiger charge is 2.45. The van der Waals surface area contributed by atoms with Crippen LogP contribution in [0, 0.1) is 11.3 Å². The third-order valence-corrected chi connectivity index (χ3v) is 7.67. The molecule has 214 valence electrons. The summed E-state index contributed by atoms with van der Waals surface area (Å²) in [5.74, 6) is -1.67.